The second kappa shape index (κ2) is 13.9. The third-order valence-electron chi connectivity index (χ3n) is 6.65. The lowest BCUT2D eigenvalue weighted by Crippen LogP contribution is -2.53. The van der Waals surface area contributed by atoms with E-state index in [2.05, 4.69) is 5.32 Å². The van der Waals surface area contributed by atoms with Crippen molar-refractivity contribution in [2.24, 2.45) is 0 Å². The summed E-state index contributed by atoms with van der Waals surface area (Å²) in [5.74, 6) is -0.969. The van der Waals surface area contributed by atoms with Crippen molar-refractivity contribution in [2.45, 2.75) is 46.2 Å². The average molecular weight is 581 g/mol. The van der Waals surface area contributed by atoms with Crippen molar-refractivity contribution in [1.82, 2.24) is 10.2 Å². The van der Waals surface area contributed by atoms with E-state index in [1.807, 2.05) is 68.4 Å². The van der Waals surface area contributed by atoms with E-state index in [-0.39, 0.29) is 30.2 Å². The van der Waals surface area contributed by atoms with Gasteiger partial charge < -0.3 is 10.2 Å². The highest BCUT2D eigenvalue weighted by atomic mass is 32.2. The fraction of sp³-hybridized carbons (Fsp3) is 0.333. The van der Waals surface area contributed by atoms with Gasteiger partial charge in [-0.2, -0.15) is 0 Å². The number of aryl methyl sites for hydroxylation is 2. The molecule has 1 atom stereocenters. The minimum atomic E-state index is -4.05. The summed E-state index contributed by atoms with van der Waals surface area (Å²) >= 11 is 0. The molecule has 0 aliphatic rings. The summed E-state index contributed by atoms with van der Waals surface area (Å²) in [6.07, 6.45) is 1.85. The SMILES string of the molecule is CCCNC(=O)C(Cc1ccccc1)N(Cc1ccc(C)cc1)C(=O)CN(c1cc([N+](=O)[O-])ccc1C)S(C)(=O)=O. The normalized spacial score (nSPS) is 11.9. The highest BCUT2D eigenvalue weighted by molar-refractivity contribution is 7.92. The van der Waals surface area contributed by atoms with Crippen LogP contribution in [0.5, 0.6) is 0 Å². The van der Waals surface area contributed by atoms with Crippen molar-refractivity contribution >= 4 is 33.2 Å². The van der Waals surface area contributed by atoms with Gasteiger partial charge in [0.05, 0.1) is 16.9 Å². The van der Waals surface area contributed by atoms with Gasteiger partial charge >= 0.3 is 0 Å². The van der Waals surface area contributed by atoms with Gasteiger partial charge in [-0.15, -0.1) is 0 Å². The minimum absolute atomic E-state index is 0.0281. The number of nitrogens with one attached hydrogen (secondary N) is 1. The molecule has 10 nitrogen and oxygen atoms in total. The zero-order chi connectivity index (χ0) is 30.2. The van der Waals surface area contributed by atoms with Crippen LogP contribution in [-0.4, -0.2) is 55.4 Å². The van der Waals surface area contributed by atoms with Crippen LogP contribution in [0.1, 0.15) is 35.6 Å². The van der Waals surface area contributed by atoms with Gasteiger partial charge in [0.25, 0.3) is 5.69 Å². The van der Waals surface area contributed by atoms with Crippen molar-refractivity contribution in [3.05, 3.63) is 105 Å². The number of rotatable bonds is 13. The first-order valence-corrected chi connectivity index (χ1v) is 15.1. The van der Waals surface area contributed by atoms with E-state index >= 15 is 0 Å². The number of carbonyl (C=O) groups excluding carboxylic acids is 2. The standard InChI is InChI=1S/C30H36N4O6S/c1-5-17-31-30(36)28(18-24-9-7-6-8-10-24)32(20-25-14-11-22(2)12-15-25)29(35)21-33(41(4,39)40)27-19-26(34(37)38)16-13-23(27)3/h6-16,19,28H,5,17-18,20-21H2,1-4H3,(H,31,36). The fourth-order valence-electron chi connectivity index (χ4n) is 4.38. The Bertz CT molecular complexity index is 1480. The van der Waals surface area contributed by atoms with Crippen LogP contribution in [0.4, 0.5) is 11.4 Å². The predicted octanol–water partition coefficient (Wildman–Crippen LogP) is 4.14. The summed E-state index contributed by atoms with van der Waals surface area (Å²) < 4.78 is 26.8. The van der Waals surface area contributed by atoms with E-state index in [0.29, 0.717) is 18.5 Å². The molecule has 0 heterocycles. The summed E-state index contributed by atoms with van der Waals surface area (Å²) in [6.45, 7) is 5.31. The maximum absolute atomic E-state index is 14.1. The highest BCUT2D eigenvalue weighted by Gasteiger charge is 2.33. The third-order valence-corrected chi connectivity index (χ3v) is 7.77. The van der Waals surface area contributed by atoms with Gasteiger partial charge in [0, 0.05) is 31.6 Å². The summed E-state index contributed by atoms with van der Waals surface area (Å²) in [4.78, 5) is 39.8. The summed E-state index contributed by atoms with van der Waals surface area (Å²) in [7, 11) is -4.05. The Balaban J connectivity index is 2.09. The van der Waals surface area contributed by atoms with Gasteiger partial charge in [-0.25, -0.2) is 8.42 Å². The molecule has 0 aliphatic heterocycles. The van der Waals surface area contributed by atoms with Crippen LogP contribution in [0.25, 0.3) is 0 Å². The molecule has 0 spiro atoms. The lowest BCUT2D eigenvalue weighted by Gasteiger charge is -2.33. The zero-order valence-electron chi connectivity index (χ0n) is 23.7. The van der Waals surface area contributed by atoms with E-state index < -0.39 is 33.4 Å². The van der Waals surface area contributed by atoms with Crippen LogP contribution < -0.4 is 9.62 Å². The number of nitro benzene ring substituents is 1. The maximum atomic E-state index is 14.1. The van der Waals surface area contributed by atoms with Crippen molar-refractivity contribution in [3.8, 4) is 0 Å². The molecule has 0 saturated heterocycles. The molecule has 0 bridgehead atoms. The predicted molar refractivity (Wildman–Crippen MR) is 159 cm³/mol. The number of benzene rings is 3. The molecular formula is C30H36N4O6S. The Kier molecular flexibility index (Phi) is 10.6. The highest BCUT2D eigenvalue weighted by Crippen LogP contribution is 2.28. The molecule has 2 amide bonds. The van der Waals surface area contributed by atoms with Crippen molar-refractivity contribution in [3.63, 3.8) is 0 Å². The molecule has 1 unspecified atom stereocenters. The Labute approximate surface area is 241 Å². The number of hydrogen-bond acceptors (Lipinski definition) is 6. The van der Waals surface area contributed by atoms with Crippen molar-refractivity contribution in [1.29, 1.82) is 0 Å². The third kappa shape index (κ3) is 8.62. The first kappa shape index (κ1) is 31.3. The number of amides is 2. The second-order valence-corrected chi connectivity index (χ2v) is 11.9. The number of sulfonamides is 1. The van der Waals surface area contributed by atoms with Gasteiger partial charge in [0.15, 0.2) is 0 Å². The van der Waals surface area contributed by atoms with Crippen LogP contribution >= 0.6 is 0 Å². The molecule has 3 aromatic rings. The molecule has 11 heteroatoms. The monoisotopic (exact) mass is 580 g/mol. The first-order valence-electron chi connectivity index (χ1n) is 13.3. The van der Waals surface area contributed by atoms with E-state index in [1.165, 1.54) is 17.0 Å². The Morgan fingerprint density at radius 3 is 2.22 bits per heavy atom. The maximum Gasteiger partial charge on any atom is 0.271 e. The molecule has 0 saturated carbocycles. The number of non-ortho nitro benzene ring substituents is 1. The Hall–Kier alpha value is -4.25. The fourth-order valence-corrected chi connectivity index (χ4v) is 5.28. The number of nitrogens with zero attached hydrogens (tertiary/aromatic N) is 3. The van der Waals surface area contributed by atoms with Crippen LogP contribution in [0.2, 0.25) is 0 Å². The number of nitro groups is 1. The Morgan fingerprint density at radius 1 is 0.976 bits per heavy atom. The van der Waals surface area contributed by atoms with E-state index in [0.717, 1.165) is 33.3 Å². The number of hydrogen-bond donors (Lipinski definition) is 1. The molecule has 3 aromatic carbocycles. The molecule has 3 rings (SSSR count). The molecule has 0 radical (unpaired) electrons. The van der Waals surface area contributed by atoms with Gasteiger partial charge in [-0.05, 0) is 37.0 Å². The minimum Gasteiger partial charge on any atom is -0.354 e. The summed E-state index contributed by atoms with van der Waals surface area (Å²) in [6, 6.07) is 19.7. The van der Waals surface area contributed by atoms with Crippen LogP contribution in [0.15, 0.2) is 72.8 Å². The van der Waals surface area contributed by atoms with E-state index in [9.17, 15) is 28.1 Å². The van der Waals surface area contributed by atoms with Gasteiger partial charge in [-0.1, -0.05) is 73.2 Å². The van der Waals surface area contributed by atoms with Crippen LogP contribution in [0, 0.1) is 24.0 Å². The second-order valence-electron chi connectivity index (χ2n) is 10.0. The molecular weight excluding hydrogens is 544 g/mol. The lowest BCUT2D eigenvalue weighted by molar-refractivity contribution is -0.384. The van der Waals surface area contributed by atoms with E-state index in [1.54, 1.807) is 6.92 Å². The topological polar surface area (TPSA) is 130 Å². The lowest BCUT2D eigenvalue weighted by atomic mass is 10.0. The smallest absolute Gasteiger partial charge is 0.271 e. The number of carbonyl (C=O) groups is 2. The molecule has 0 fully saturated rings. The van der Waals surface area contributed by atoms with Gasteiger partial charge in [-0.3, -0.25) is 24.0 Å². The average Bonchev–Trinajstić information content (AvgIpc) is 2.93. The number of anilines is 1. The molecule has 0 aliphatic carbocycles. The molecule has 218 valence electrons. The molecule has 1 N–H and O–H groups in total. The van der Waals surface area contributed by atoms with E-state index in [4.69, 9.17) is 0 Å². The van der Waals surface area contributed by atoms with Crippen LogP contribution in [-0.2, 0) is 32.6 Å². The zero-order valence-corrected chi connectivity index (χ0v) is 24.6. The molecule has 0 aromatic heterocycles. The molecule has 41 heavy (non-hydrogen) atoms. The largest absolute Gasteiger partial charge is 0.354 e. The van der Waals surface area contributed by atoms with Crippen LogP contribution in [0.3, 0.4) is 0 Å². The van der Waals surface area contributed by atoms with Gasteiger partial charge in [0.2, 0.25) is 21.8 Å². The Morgan fingerprint density at radius 2 is 1.63 bits per heavy atom. The summed E-state index contributed by atoms with van der Waals surface area (Å²) in [5.41, 5.74) is 2.80. The summed E-state index contributed by atoms with van der Waals surface area (Å²) in [5, 5.41) is 14.3. The quantitative estimate of drug-likeness (QED) is 0.239. The van der Waals surface area contributed by atoms with Crippen molar-refractivity contribution in [2.75, 3.05) is 23.7 Å². The first-order chi connectivity index (χ1) is 19.4. The van der Waals surface area contributed by atoms with Gasteiger partial charge in [0.1, 0.15) is 12.6 Å². The van der Waals surface area contributed by atoms with Crippen molar-refractivity contribution < 1.29 is 22.9 Å².